The zero-order valence-corrected chi connectivity index (χ0v) is 12.0. The molecule has 2 atom stereocenters. The van der Waals surface area contributed by atoms with Crippen molar-refractivity contribution in [2.45, 2.75) is 44.6 Å². The molecule has 2 N–H and O–H groups in total. The van der Waals surface area contributed by atoms with Gasteiger partial charge in [-0.15, -0.1) is 0 Å². The summed E-state index contributed by atoms with van der Waals surface area (Å²) in [6, 6.07) is 9.39. The lowest BCUT2D eigenvalue weighted by atomic mass is 9.83. The van der Waals surface area contributed by atoms with Crippen LogP contribution in [-0.4, -0.2) is 30.6 Å². The molecule has 2 fully saturated rings. The van der Waals surface area contributed by atoms with Gasteiger partial charge in [-0.25, -0.2) is 0 Å². The van der Waals surface area contributed by atoms with Gasteiger partial charge in [0.2, 0.25) is 0 Å². The first-order valence-corrected chi connectivity index (χ1v) is 7.75. The third kappa shape index (κ3) is 3.18. The van der Waals surface area contributed by atoms with E-state index in [1.165, 1.54) is 43.5 Å². The standard InChI is InChI=1S/C17H26N2/c1-13-5-7-15(8-6-13)16-9-17(18)12-19(11-16)10-14-3-2-4-14/h5-8,14,16-17H,2-4,9-12,18H2,1H3. The molecule has 0 amide bonds. The summed E-state index contributed by atoms with van der Waals surface area (Å²) >= 11 is 0. The van der Waals surface area contributed by atoms with Gasteiger partial charge in [-0.05, 0) is 43.6 Å². The molecule has 19 heavy (non-hydrogen) atoms. The van der Waals surface area contributed by atoms with Crippen LogP contribution in [0.2, 0.25) is 0 Å². The van der Waals surface area contributed by atoms with Crippen molar-refractivity contribution in [2.75, 3.05) is 19.6 Å². The molecule has 1 heterocycles. The first-order valence-electron chi connectivity index (χ1n) is 7.75. The summed E-state index contributed by atoms with van der Waals surface area (Å²) in [5.74, 6) is 1.58. The zero-order chi connectivity index (χ0) is 13.2. The van der Waals surface area contributed by atoms with Gasteiger partial charge in [0, 0.05) is 25.7 Å². The van der Waals surface area contributed by atoms with Crippen molar-refractivity contribution in [2.24, 2.45) is 11.7 Å². The normalized spacial score (nSPS) is 29.2. The van der Waals surface area contributed by atoms with Crippen molar-refractivity contribution in [3.05, 3.63) is 35.4 Å². The van der Waals surface area contributed by atoms with Crippen LogP contribution >= 0.6 is 0 Å². The van der Waals surface area contributed by atoms with Crippen LogP contribution in [0.15, 0.2) is 24.3 Å². The molecule has 104 valence electrons. The summed E-state index contributed by atoms with van der Waals surface area (Å²) in [7, 11) is 0. The SMILES string of the molecule is Cc1ccc(C2CC(N)CN(CC3CCC3)C2)cc1. The van der Waals surface area contributed by atoms with Gasteiger partial charge in [-0.2, -0.15) is 0 Å². The summed E-state index contributed by atoms with van der Waals surface area (Å²) < 4.78 is 0. The highest BCUT2D eigenvalue weighted by atomic mass is 15.2. The van der Waals surface area contributed by atoms with E-state index < -0.39 is 0 Å². The van der Waals surface area contributed by atoms with Gasteiger partial charge in [0.1, 0.15) is 0 Å². The first kappa shape index (κ1) is 13.1. The largest absolute Gasteiger partial charge is 0.327 e. The Kier molecular flexibility index (Phi) is 3.90. The fraction of sp³-hybridized carbons (Fsp3) is 0.647. The minimum atomic E-state index is 0.347. The molecule has 1 aromatic rings. The molecule has 2 unspecified atom stereocenters. The Morgan fingerprint density at radius 2 is 1.89 bits per heavy atom. The lowest BCUT2D eigenvalue weighted by Crippen LogP contribution is -2.48. The second kappa shape index (κ2) is 5.64. The molecule has 0 radical (unpaired) electrons. The Hall–Kier alpha value is -0.860. The fourth-order valence-corrected chi connectivity index (χ4v) is 3.50. The highest BCUT2D eigenvalue weighted by molar-refractivity contribution is 5.25. The molecule has 3 rings (SSSR count). The van der Waals surface area contributed by atoms with Gasteiger partial charge in [0.25, 0.3) is 0 Å². The number of aryl methyl sites for hydroxylation is 1. The number of hydrogen-bond acceptors (Lipinski definition) is 2. The number of benzene rings is 1. The quantitative estimate of drug-likeness (QED) is 0.903. The minimum Gasteiger partial charge on any atom is -0.327 e. The molecule has 1 aromatic carbocycles. The topological polar surface area (TPSA) is 29.3 Å². The molecule has 1 aliphatic carbocycles. The highest BCUT2D eigenvalue weighted by Crippen LogP contribution is 2.31. The molecule has 1 aliphatic heterocycles. The van der Waals surface area contributed by atoms with Gasteiger partial charge in [0.15, 0.2) is 0 Å². The van der Waals surface area contributed by atoms with E-state index in [0.717, 1.165) is 18.9 Å². The van der Waals surface area contributed by atoms with E-state index in [0.29, 0.717) is 12.0 Å². The van der Waals surface area contributed by atoms with Crippen LogP contribution in [0.5, 0.6) is 0 Å². The van der Waals surface area contributed by atoms with Crippen LogP contribution in [0.4, 0.5) is 0 Å². The Morgan fingerprint density at radius 1 is 1.16 bits per heavy atom. The monoisotopic (exact) mass is 258 g/mol. The van der Waals surface area contributed by atoms with E-state index in [4.69, 9.17) is 5.73 Å². The molecule has 1 saturated heterocycles. The predicted molar refractivity (Wildman–Crippen MR) is 80.3 cm³/mol. The highest BCUT2D eigenvalue weighted by Gasteiger charge is 2.29. The molecular formula is C17H26N2. The van der Waals surface area contributed by atoms with Gasteiger partial charge in [0.05, 0.1) is 0 Å². The Balaban J connectivity index is 1.65. The number of nitrogens with zero attached hydrogens (tertiary/aromatic N) is 1. The summed E-state index contributed by atoms with van der Waals surface area (Å²) in [6.07, 6.45) is 5.44. The van der Waals surface area contributed by atoms with Crippen LogP contribution in [-0.2, 0) is 0 Å². The first-order chi connectivity index (χ1) is 9.20. The Morgan fingerprint density at radius 3 is 2.53 bits per heavy atom. The molecule has 0 aromatic heterocycles. The van der Waals surface area contributed by atoms with Crippen LogP contribution in [0.3, 0.4) is 0 Å². The second-order valence-electron chi connectivity index (χ2n) is 6.62. The average Bonchev–Trinajstić information content (AvgIpc) is 2.34. The van der Waals surface area contributed by atoms with Crippen molar-refractivity contribution >= 4 is 0 Å². The van der Waals surface area contributed by atoms with E-state index in [9.17, 15) is 0 Å². The maximum Gasteiger partial charge on any atom is 0.0174 e. The lowest BCUT2D eigenvalue weighted by Gasteiger charge is -2.40. The van der Waals surface area contributed by atoms with Crippen molar-refractivity contribution in [1.82, 2.24) is 4.90 Å². The molecular weight excluding hydrogens is 232 g/mol. The van der Waals surface area contributed by atoms with Crippen molar-refractivity contribution in [1.29, 1.82) is 0 Å². The predicted octanol–water partition coefficient (Wildman–Crippen LogP) is 2.91. The number of piperidine rings is 1. The van der Waals surface area contributed by atoms with Crippen molar-refractivity contribution in [3.8, 4) is 0 Å². The van der Waals surface area contributed by atoms with Crippen LogP contribution in [0, 0.1) is 12.8 Å². The minimum absolute atomic E-state index is 0.347. The van der Waals surface area contributed by atoms with Crippen molar-refractivity contribution < 1.29 is 0 Å². The zero-order valence-electron chi connectivity index (χ0n) is 12.0. The van der Waals surface area contributed by atoms with E-state index in [2.05, 4.69) is 36.1 Å². The molecule has 1 saturated carbocycles. The molecule has 2 nitrogen and oxygen atoms in total. The maximum atomic E-state index is 6.28. The van der Waals surface area contributed by atoms with Gasteiger partial charge in [-0.3, -0.25) is 0 Å². The Labute approximate surface area is 117 Å². The number of rotatable bonds is 3. The number of likely N-dealkylation sites (tertiary alicyclic amines) is 1. The smallest absolute Gasteiger partial charge is 0.0174 e. The fourth-order valence-electron chi connectivity index (χ4n) is 3.50. The molecule has 2 aliphatic rings. The second-order valence-corrected chi connectivity index (χ2v) is 6.62. The van der Waals surface area contributed by atoms with E-state index >= 15 is 0 Å². The van der Waals surface area contributed by atoms with E-state index in [1.54, 1.807) is 0 Å². The Bertz CT molecular complexity index is 408. The summed E-state index contributed by atoms with van der Waals surface area (Å²) in [6.45, 7) is 5.72. The number of hydrogen-bond donors (Lipinski definition) is 1. The van der Waals surface area contributed by atoms with Gasteiger partial charge >= 0.3 is 0 Å². The summed E-state index contributed by atoms with van der Waals surface area (Å²) in [5.41, 5.74) is 9.09. The van der Waals surface area contributed by atoms with Crippen LogP contribution in [0.25, 0.3) is 0 Å². The molecule has 0 bridgehead atoms. The number of nitrogens with two attached hydrogens (primary N) is 1. The summed E-state index contributed by atoms with van der Waals surface area (Å²) in [5, 5.41) is 0. The van der Waals surface area contributed by atoms with Crippen LogP contribution < -0.4 is 5.73 Å². The molecule has 2 heteroatoms. The van der Waals surface area contributed by atoms with Crippen LogP contribution in [0.1, 0.15) is 42.7 Å². The average molecular weight is 258 g/mol. The van der Waals surface area contributed by atoms with E-state index in [1.807, 2.05) is 0 Å². The third-order valence-electron chi connectivity index (χ3n) is 4.85. The van der Waals surface area contributed by atoms with E-state index in [-0.39, 0.29) is 0 Å². The van der Waals surface area contributed by atoms with Gasteiger partial charge in [-0.1, -0.05) is 36.2 Å². The van der Waals surface area contributed by atoms with Crippen molar-refractivity contribution in [3.63, 3.8) is 0 Å². The molecule has 0 spiro atoms. The van der Waals surface area contributed by atoms with Gasteiger partial charge < -0.3 is 10.6 Å². The maximum absolute atomic E-state index is 6.28. The summed E-state index contributed by atoms with van der Waals surface area (Å²) in [4.78, 5) is 2.61. The lowest BCUT2D eigenvalue weighted by molar-refractivity contribution is 0.133. The third-order valence-corrected chi connectivity index (χ3v) is 4.85.